The molecule has 1 rings (SSSR count). The topological polar surface area (TPSA) is 101 Å². The molecule has 4 N–H and O–H groups in total. The molecule has 0 bridgehead atoms. The van der Waals surface area contributed by atoms with Crippen LogP contribution in [0.4, 0.5) is 19.0 Å². The van der Waals surface area contributed by atoms with Gasteiger partial charge in [-0.3, -0.25) is 9.82 Å². The normalized spacial score (nSPS) is 12.4. The van der Waals surface area contributed by atoms with E-state index in [-0.39, 0.29) is 16.4 Å². The molecule has 1 aromatic heterocycles. The first kappa shape index (κ1) is 15.7. The Bertz CT molecular complexity index is 553. The molecule has 0 atom stereocenters. The monoisotopic (exact) mass is 316 g/mol. The Labute approximate surface area is 112 Å². The summed E-state index contributed by atoms with van der Waals surface area (Å²) in [6, 6.07) is 0. The van der Waals surface area contributed by atoms with Crippen LogP contribution in [0.1, 0.15) is 18.4 Å². The van der Waals surface area contributed by atoms with E-state index < -0.39 is 34.8 Å². The number of halogens is 3. The highest BCUT2D eigenvalue weighted by molar-refractivity contribution is 7.92. The Hall–Kier alpha value is -1.36. The van der Waals surface area contributed by atoms with Crippen LogP contribution in [-0.2, 0) is 10.0 Å². The maximum absolute atomic E-state index is 11.9. The summed E-state index contributed by atoms with van der Waals surface area (Å²) in [4.78, 5) is -0.0817. The fraction of sp³-hybridized carbons (Fsp3) is 0.500. The van der Waals surface area contributed by atoms with Crippen molar-refractivity contribution in [3.63, 3.8) is 0 Å². The van der Waals surface area contributed by atoms with Crippen LogP contribution in [0.5, 0.6) is 0 Å². The number of hydrogen-bond donors (Lipinski definition) is 3. The zero-order valence-electron chi connectivity index (χ0n) is 9.49. The lowest BCUT2D eigenvalue weighted by atomic mass is 10.3. The summed E-state index contributed by atoms with van der Waals surface area (Å²) in [6.07, 6.45) is -4.86. The van der Waals surface area contributed by atoms with E-state index in [0.717, 1.165) is 0 Å². The third-order valence-corrected chi connectivity index (χ3v) is 3.60. The van der Waals surface area contributed by atoms with Crippen molar-refractivity contribution in [2.45, 2.75) is 19.0 Å². The van der Waals surface area contributed by atoms with Crippen LogP contribution in [0.3, 0.4) is 0 Å². The number of aromatic nitrogens is 2. The van der Waals surface area contributed by atoms with Crippen molar-refractivity contribution in [1.29, 1.82) is 0 Å². The van der Waals surface area contributed by atoms with E-state index in [0.29, 0.717) is 0 Å². The Balaban J connectivity index is 2.65. The summed E-state index contributed by atoms with van der Waals surface area (Å²) in [5, 5.41) is 5.87. The third kappa shape index (κ3) is 5.42. The molecular weight excluding hydrogens is 305 g/mol. The maximum Gasteiger partial charge on any atom is 0.389 e. The predicted octanol–water partition coefficient (Wildman–Crippen LogP) is 1.13. The molecule has 19 heavy (non-hydrogen) atoms. The highest BCUT2D eigenvalue weighted by Crippen LogP contribution is 2.22. The van der Waals surface area contributed by atoms with Crippen LogP contribution >= 0.6 is 12.2 Å². The van der Waals surface area contributed by atoms with Crippen LogP contribution in [0.25, 0.3) is 0 Å². The first-order valence-corrected chi connectivity index (χ1v) is 7.07. The number of nitrogens with zero attached hydrogens (tertiary/aromatic N) is 1. The maximum atomic E-state index is 11.9. The first-order valence-electron chi connectivity index (χ1n) is 5.01. The molecule has 11 heteroatoms. The lowest BCUT2D eigenvalue weighted by Gasteiger charge is -2.09. The van der Waals surface area contributed by atoms with Crippen molar-refractivity contribution in [3.05, 3.63) is 11.8 Å². The van der Waals surface area contributed by atoms with Gasteiger partial charge in [0.15, 0.2) is 0 Å². The average molecular weight is 316 g/mol. The van der Waals surface area contributed by atoms with Crippen molar-refractivity contribution in [2.24, 2.45) is 5.73 Å². The molecule has 1 aromatic rings. The zero-order chi connectivity index (χ0) is 14.7. The van der Waals surface area contributed by atoms with E-state index in [2.05, 4.69) is 27.1 Å². The van der Waals surface area contributed by atoms with Gasteiger partial charge in [0, 0.05) is 6.42 Å². The number of alkyl halides is 3. The summed E-state index contributed by atoms with van der Waals surface area (Å²) in [6.45, 7) is 0. The Morgan fingerprint density at radius 3 is 2.68 bits per heavy atom. The van der Waals surface area contributed by atoms with E-state index in [1.807, 2.05) is 0 Å². The highest BCUT2D eigenvalue weighted by Gasteiger charge is 2.27. The fourth-order valence-electron chi connectivity index (χ4n) is 1.22. The summed E-state index contributed by atoms with van der Waals surface area (Å²) in [7, 11) is -3.92. The number of anilines is 1. The van der Waals surface area contributed by atoms with Crippen LogP contribution in [-0.4, -0.2) is 35.5 Å². The number of aromatic amines is 1. The number of rotatable bonds is 6. The predicted molar refractivity (Wildman–Crippen MR) is 67.2 cm³/mol. The molecule has 108 valence electrons. The number of nitrogens with two attached hydrogens (primary N) is 1. The van der Waals surface area contributed by atoms with Crippen molar-refractivity contribution in [2.75, 3.05) is 10.5 Å². The molecule has 0 saturated carbocycles. The number of hydrogen-bond acceptors (Lipinski definition) is 4. The summed E-state index contributed by atoms with van der Waals surface area (Å²) in [5.74, 6) is -0.720. The van der Waals surface area contributed by atoms with E-state index in [9.17, 15) is 21.6 Å². The molecule has 0 aromatic carbocycles. The minimum Gasteiger partial charge on any atom is -0.389 e. The molecule has 0 saturated heterocycles. The standard InChI is InChI=1S/C8H11F3N4O2S2/c9-8(10,11)2-1-3-19(16,17)15-7-5(6(12)18)4-13-14-7/h4H,1-3H2,(H2,12,18)(H2,13,14,15). The van der Waals surface area contributed by atoms with Crippen molar-refractivity contribution in [3.8, 4) is 0 Å². The van der Waals surface area contributed by atoms with Gasteiger partial charge in [0.1, 0.15) is 10.8 Å². The summed E-state index contributed by atoms with van der Waals surface area (Å²) >= 11 is 4.66. The highest BCUT2D eigenvalue weighted by atomic mass is 32.2. The van der Waals surface area contributed by atoms with E-state index in [1.165, 1.54) is 6.20 Å². The lowest BCUT2D eigenvalue weighted by Crippen LogP contribution is -2.21. The molecule has 0 amide bonds. The lowest BCUT2D eigenvalue weighted by molar-refractivity contribution is -0.134. The second-order valence-corrected chi connectivity index (χ2v) is 5.94. The van der Waals surface area contributed by atoms with Crippen LogP contribution in [0.15, 0.2) is 6.20 Å². The molecule has 6 nitrogen and oxygen atoms in total. The summed E-state index contributed by atoms with van der Waals surface area (Å²) < 4.78 is 60.9. The van der Waals surface area contributed by atoms with Gasteiger partial charge in [0.05, 0.1) is 17.5 Å². The smallest absolute Gasteiger partial charge is 0.389 e. The Morgan fingerprint density at radius 2 is 2.16 bits per heavy atom. The molecule has 0 aliphatic heterocycles. The number of nitrogens with one attached hydrogen (secondary N) is 2. The number of sulfonamides is 1. The van der Waals surface area contributed by atoms with Crippen molar-refractivity contribution >= 4 is 33.0 Å². The average Bonchev–Trinajstić information content (AvgIpc) is 2.62. The minimum atomic E-state index is -4.38. The van der Waals surface area contributed by atoms with Crippen molar-refractivity contribution in [1.82, 2.24) is 10.2 Å². The Morgan fingerprint density at radius 1 is 1.53 bits per heavy atom. The molecule has 0 aliphatic rings. The molecule has 1 heterocycles. The van der Waals surface area contributed by atoms with Gasteiger partial charge in [0.2, 0.25) is 10.0 Å². The van der Waals surface area contributed by atoms with Crippen LogP contribution in [0, 0.1) is 0 Å². The minimum absolute atomic E-state index is 0.0560. The van der Waals surface area contributed by atoms with E-state index >= 15 is 0 Å². The van der Waals surface area contributed by atoms with E-state index in [4.69, 9.17) is 5.73 Å². The molecule has 0 radical (unpaired) electrons. The van der Waals surface area contributed by atoms with Gasteiger partial charge in [-0.2, -0.15) is 18.3 Å². The Kier molecular flexibility index (Phi) is 4.74. The van der Waals surface area contributed by atoms with Gasteiger partial charge in [-0.1, -0.05) is 12.2 Å². The summed E-state index contributed by atoms with van der Waals surface area (Å²) in [5.41, 5.74) is 5.50. The van der Waals surface area contributed by atoms with Gasteiger partial charge in [0.25, 0.3) is 0 Å². The molecule has 0 unspecified atom stereocenters. The molecule has 0 fully saturated rings. The first-order chi connectivity index (χ1) is 8.61. The molecular formula is C8H11F3N4O2S2. The van der Waals surface area contributed by atoms with Crippen LogP contribution in [0.2, 0.25) is 0 Å². The fourth-order valence-corrected chi connectivity index (χ4v) is 2.47. The van der Waals surface area contributed by atoms with Gasteiger partial charge in [-0.15, -0.1) is 0 Å². The largest absolute Gasteiger partial charge is 0.389 e. The second kappa shape index (κ2) is 5.74. The zero-order valence-corrected chi connectivity index (χ0v) is 11.1. The quantitative estimate of drug-likeness (QED) is 0.683. The number of H-pyrrole nitrogens is 1. The van der Waals surface area contributed by atoms with Crippen LogP contribution < -0.4 is 10.5 Å². The van der Waals surface area contributed by atoms with Gasteiger partial charge in [-0.25, -0.2) is 8.42 Å². The molecule has 0 aliphatic carbocycles. The third-order valence-electron chi connectivity index (χ3n) is 2.04. The molecule has 0 spiro atoms. The SMILES string of the molecule is NC(=S)c1cn[nH]c1NS(=O)(=O)CCCC(F)(F)F. The van der Waals surface area contributed by atoms with Gasteiger partial charge < -0.3 is 5.73 Å². The van der Waals surface area contributed by atoms with Crippen molar-refractivity contribution < 1.29 is 21.6 Å². The van der Waals surface area contributed by atoms with Gasteiger partial charge >= 0.3 is 6.18 Å². The van der Waals surface area contributed by atoms with E-state index in [1.54, 1.807) is 0 Å². The number of thiocarbonyl (C=S) groups is 1. The van der Waals surface area contributed by atoms with Gasteiger partial charge in [-0.05, 0) is 6.42 Å². The second-order valence-electron chi connectivity index (χ2n) is 3.66.